The Bertz CT molecular complexity index is 602. The maximum absolute atomic E-state index is 11.7. The molecule has 0 aliphatic carbocycles. The zero-order chi connectivity index (χ0) is 12.7. The molecule has 0 bridgehead atoms. The summed E-state index contributed by atoms with van der Waals surface area (Å²) >= 11 is 1.60. The molecule has 1 aliphatic heterocycles. The highest BCUT2D eigenvalue weighted by atomic mass is 32.2. The lowest BCUT2D eigenvalue weighted by atomic mass is 10.1. The van der Waals surface area contributed by atoms with Crippen molar-refractivity contribution in [1.29, 1.82) is 0 Å². The van der Waals surface area contributed by atoms with Crippen LogP contribution in [0.1, 0.15) is 16.4 Å². The Hall–Kier alpha value is -1.76. The minimum Gasteiger partial charge on any atom is -0.310 e. The lowest BCUT2D eigenvalue weighted by Gasteiger charge is -2.10. The summed E-state index contributed by atoms with van der Waals surface area (Å²) in [5.41, 5.74) is 2.12. The lowest BCUT2D eigenvalue weighted by molar-refractivity contribution is -0.113. The number of hydrogen-bond acceptors (Lipinski definition) is 4. The van der Waals surface area contributed by atoms with Crippen molar-refractivity contribution in [3.05, 3.63) is 29.7 Å². The van der Waals surface area contributed by atoms with Gasteiger partial charge in [0.25, 0.3) is 0 Å². The van der Waals surface area contributed by atoms with Gasteiger partial charge in [-0.1, -0.05) is 0 Å². The normalized spacial score (nSPS) is 19.2. The number of rotatable bonds is 1. The van der Waals surface area contributed by atoms with E-state index >= 15 is 0 Å². The molecule has 3 heterocycles. The Morgan fingerprint density at radius 2 is 2.22 bits per heavy atom. The van der Waals surface area contributed by atoms with Gasteiger partial charge in [0.1, 0.15) is 5.82 Å². The van der Waals surface area contributed by atoms with Crippen molar-refractivity contribution < 1.29 is 4.79 Å². The summed E-state index contributed by atoms with van der Waals surface area (Å²) in [5.74, 6) is 1.23. The molecule has 1 amide bonds. The van der Waals surface area contributed by atoms with Gasteiger partial charge in [0.05, 0.1) is 23.4 Å². The molecule has 94 valence electrons. The highest BCUT2D eigenvalue weighted by molar-refractivity contribution is 8.00. The lowest BCUT2D eigenvalue weighted by Crippen LogP contribution is -2.15. The largest absolute Gasteiger partial charge is 0.310 e. The summed E-state index contributed by atoms with van der Waals surface area (Å²) in [7, 11) is 3.72. The van der Waals surface area contributed by atoms with Crippen molar-refractivity contribution in [2.24, 2.45) is 14.1 Å². The second-order valence-corrected chi connectivity index (χ2v) is 5.35. The summed E-state index contributed by atoms with van der Waals surface area (Å²) in [4.78, 5) is 11.7. The molecule has 1 unspecified atom stereocenters. The van der Waals surface area contributed by atoms with E-state index in [1.807, 2.05) is 32.7 Å². The molecule has 0 saturated heterocycles. The number of anilines is 1. The summed E-state index contributed by atoms with van der Waals surface area (Å²) < 4.78 is 3.47. The molecule has 3 rings (SSSR count). The fraction of sp³-hybridized carbons (Fsp3) is 0.364. The van der Waals surface area contributed by atoms with Crippen LogP contribution in [0.2, 0.25) is 0 Å². The third-order valence-corrected chi connectivity index (χ3v) is 4.20. The number of carbonyl (C=O) groups excluding carboxylic acids is 1. The first kappa shape index (κ1) is 11.3. The molecule has 0 fully saturated rings. The first-order valence-electron chi connectivity index (χ1n) is 5.57. The number of aryl methyl sites for hydroxylation is 2. The van der Waals surface area contributed by atoms with Crippen molar-refractivity contribution in [3.63, 3.8) is 0 Å². The Balaban J connectivity index is 2.08. The van der Waals surface area contributed by atoms with E-state index in [4.69, 9.17) is 0 Å². The second-order valence-electron chi connectivity index (χ2n) is 4.26. The fourth-order valence-electron chi connectivity index (χ4n) is 2.07. The van der Waals surface area contributed by atoms with Crippen LogP contribution in [-0.4, -0.2) is 31.2 Å². The first-order chi connectivity index (χ1) is 8.65. The van der Waals surface area contributed by atoms with Gasteiger partial charge in [0.15, 0.2) is 0 Å². The predicted octanol–water partition coefficient (Wildman–Crippen LogP) is 0.928. The van der Waals surface area contributed by atoms with Crippen LogP contribution < -0.4 is 5.32 Å². The molecule has 1 atom stereocenters. The zero-order valence-corrected chi connectivity index (χ0v) is 10.9. The van der Waals surface area contributed by atoms with Crippen LogP contribution in [0.3, 0.4) is 0 Å². The summed E-state index contributed by atoms with van der Waals surface area (Å²) in [6.07, 6.45) is 5.63. The third kappa shape index (κ3) is 1.80. The van der Waals surface area contributed by atoms with Gasteiger partial charge in [-0.05, 0) is 0 Å². The molecule has 0 saturated carbocycles. The highest BCUT2D eigenvalue weighted by Crippen LogP contribution is 2.40. The van der Waals surface area contributed by atoms with E-state index in [1.54, 1.807) is 21.1 Å². The van der Waals surface area contributed by atoms with Gasteiger partial charge in [0, 0.05) is 31.4 Å². The number of nitrogens with zero attached hydrogens (tertiary/aromatic N) is 4. The molecule has 7 heteroatoms. The zero-order valence-electron chi connectivity index (χ0n) is 10.1. The van der Waals surface area contributed by atoms with Crippen LogP contribution in [0, 0.1) is 0 Å². The quantitative estimate of drug-likeness (QED) is 0.831. The molecule has 18 heavy (non-hydrogen) atoms. The van der Waals surface area contributed by atoms with Crippen molar-refractivity contribution in [2.45, 2.75) is 5.25 Å². The molecule has 0 spiro atoms. The maximum atomic E-state index is 11.7. The fourth-order valence-corrected chi connectivity index (χ4v) is 3.12. The van der Waals surface area contributed by atoms with Crippen molar-refractivity contribution >= 4 is 23.5 Å². The average molecular weight is 263 g/mol. The maximum Gasteiger partial charge on any atom is 0.235 e. The Kier molecular flexibility index (Phi) is 2.62. The van der Waals surface area contributed by atoms with Gasteiger partial charge >= 0.3 is 0 Å². The third-order valence-electron chi connectivity index (χ3n) is 2.92. The Morgan fingerprint density at radius 3 is 2.94 bits per heavy atom. The van der Waals surface area contributed by atoms with Crippen LogP contribution in [-0.2, 0) is 18.9 Å². The molecule has 2 aromatic rings. The van der Waals surface area contributed by atoms with Gasteiger partial charge in [-0.3, -0.25) is 14.2 Å². The van der Waals surface area contributed by atoms with Crippen molar-refractivity contribution in [2.75, 3.05) is 11.1 Å². The summed E-state index contributed by atoms with van der Waals surface area (Å²) in [5, 5.41) is 11.4. The Labute approximate surface area is 108 Å². The Morgan fingerprint density at radius 1 is 1.39 bits per heavy atom. The smallest absolute Gasteiger partial charge is 0.235 e. The number of hydrogen-bond donors (Lipinski definition) is 1. The first-order valence-corrected chi connectivity index (χ1v) is 6.62. The minimum atomic E-state index is 0.0104. The SMILES string of the molecule is Cn1cc(C2SCC(=O)Nc3c2cnn3C)cn1. The van der Waals surface area contributed by atoms with E-state index in [1.165, 1.54) is 0 Å². The molecule has 6 nitrogen and oxygen atoms in total. The van der Waals surface area contributed by atoms with Gasteiger partial charge in [-0.15, -0.1) is 11.8 Å². The molecule has 0 aromatic carbocycles. The van der Waals surface area contributed by atoms with Crippen molar-refractivity contribution in [3.8, 4) is 0 Å². The summed E-state index contributed by atoms with van der Waals surface area (Å²) in [6.45, 7) is 0. The number of carbonyl (C=O) groups is 1. The molecule has 1 N–H and O–H groups in total. The van der Waals surface area contributed by atoms with Crippen LogP contribution in [0.4, 0.5) is 5.82 Å². The predicted molar refractivity (Wildman–Crippen MR) is 69.3 cm³/mol. The van der Waals surface area contributed by atoms with Gasteiger partial charge in [-0.25, -0.2) is 0 Å². The molecular formula is C11H13N5OS. The minimum absolute atomic E-state index is 0.0104. The topological polar surface area (TPSA) is 64.7 Å². The number of nitrogens with one attached hydrogen (secondary N) is 1. The van der Waals surface area contributed by atoms with E-state index in [0.717, 1.165) is 16.9 Å². The number of aromatic nitrogens is 4. The number of amides is 1. The van der Waals surface area contributed by atoms with E-state index in [9.17, 15) is 4.79 Å². The van der Waals surface area contributed by atoms with Crippen molar-refractivity contribution in [1.82, 2.24) is 19.6 Å². The van der Waals surface area contributed by atoms with Crippen LogP contribution in [0.15, 0.2) is 18.6 Å². The summed E-state index contributed by atoms with van der Waals surface area (Å²) in [6, 6.07) is 0. The van der Waals surface area contributed by atoms with E-state index < -0.39 is 0 Å². The standard InChI is InChI=1S/C11H13N5OS/c1-15-5-7(3-12-15)10-8-4-13-16(2)11(8)14-9(17)6-18-10/h3-5,10H,6H2,1-2H3,(H,14,17). The van der Waals surface area contributed by atoms with E-state index in [2.05, 4.69) is 15.5 Å². The van der Waals surface area contributed by atoms with Gasteiger partial charge in [-0.2, -0.15) is 10.2 Å². The molecule has 2 aromatic heterocycles. The monoisotopic (exact) mass is 263 g/mol. The number of thioether (sulfide) groups is 1. The van der Waals surface area contributed by atoms with Gasteiger partial charge in [0.2, 0.25) is 5.91 Å². The van der Waals surface area contributed by atoms with Crippen LogP contribution in [0.5, 0.6) is 0 Å². The van der Waals surface area contributed by atoms with E-state index in [-0.39, 0.29) is 11.2 Å². The van der Waals surface area contributed by atoms with Crippen LogP contribution in [0.25, 0.3) is 0 Å². The average Bonchev–Trinajstić information content (AvgIpc) is 2.85. The van der Waals surface area contributed by atoms with E-state index in [0.29, 0.717) is 5.75 Å². The molecule has 1 aliphatic rings. The molecular weight excluding hydrogens is 250 g/mol. The second kappa shape index (κ2) is 4.16. The van der Waals surface area contributed by atoms with Crippen LogP contribution >= 0.6 is 11.8 Å². The van der Waals surface area contributed by atoms with Gasteiger partial charge < -0.3 is 5.32 Å². The number of fused-ring (bicyclic) bond motifs is 1. The molecule has 0 radical (unpaired) electrons. The highest BCUT2D eigenvalue weighted by Gasteiger charge is 2.27.